The second kappa shape index (κ2) is 9.22. The Morgan fingerprint density at radius 3 is 2.57 bits per heavy atom. The number of ketones is 1. The van der Waals surface area contributed by atoms with Gasteiger partial charge in [-0.3, -0.25) is 4.79 Å². The molecule has 3 rings (SSSR count). The first-order valence-electron chi connectivity index (χ1n) is 9.71. The molecular formula is C23H28O5. The van der Waals surface area contributed by atoms with Crippen LogP contribution in [0.2, 0.25) is 0 Å². The third-order valence-corrected chi connectivity index (χ3v) is 5.09. The first-order valence-corrected chi connectivity index (χ1v) is 9.71. The third-order valence-electron chi connectivity index (χ3n) is 5.09. The van der Waals surface area contributed by atoms with Crippen molar-refractivity contribution >= 4 is 5.78 Å². The second-order valence-corrected chi connectivity index (χ2v) is 7.15. The van der Waals surface area contributed by atoms with E-state index in [0.717, 1.165) is 28.9 Å². The molecule has 1 N–H and O–H groups in total. The number of carbonyl (C=O) groups excluding carboxylic acids is 1. The van der Waals surface area contributed by atoms with E-state index in [0.29, 0.717) is 18.8 Å². The zero-order valence-corrected chi connectivity index (χ0v) is 16.7. The van der Waals surface area contributed by atoms with Crippen LogP contribution in [0.25, 0.3) is 0 Å². The number of hydrogen-bond acceptors (Lipinski definition) is 5. The molecule has 0 spiro atoms. The van der Waals surface area contributed by atoms with E-state index in [1.807, 2.05) is 25.1 Å². The van der Waals surface area contributed by atoms with Gasteiger partial charge in [0.15, 0.2) is 0 Å². The maximum absolute atomic E-state index is 12.1. The topological polar surface area (TPSA) is 65.0 Å². The Balaban J connectivity index is 1.88. The largest absolute Gasteiger partial charge is 0.496 e. The van der Waals surface area contributed by atoms with Gasteiger partial charge in [-0.2, -0.15) is 0 Å². The number of aryl methyl sites for hydroxylation is 1. The molecule has 2 aromatic rings. The van der Waals surface area contributed by atoms with Gasteiger partial charge in [-0.05, 0) is 61.2 Å². The zero-order valence-electron chi connectivity index (χ0n) is 16.7. The van der Waals surface area contributed by atoms with Gasteiger partial charge in [0.05, 0.1) is 32.5 Å². The summed E-state index contributed by atoms with van der Waals surface area (Å²) in [5.74, 6) is 1.68. The van der Waals surface area contributed by atoms with Gasteiger partial charge in [0, 0.05) is 18.4 Å². The van der Waals surface area contributed by atoms with Crippen LogP contribution in [0.3, 0.4) is 0 Å². The molecule has 1 fully saturated rings. The lowest BCUT2D eigenvalue weighted by atomic mass is 9.92. The summed E-state index contributed by atoms with van der Waals surface area (Å²) in [6, 6.07) is 12.2. The van der Waals surface area contributed by atoms with Gasteiger partial charge >= 0.3 is 0 Å². The van der Waals surface area contributed by atoms with Crippen molar-refractivity contribution in [2.45, 2.75) is 45.3 Å². The van der Waals surface area contributed by atoms with Gasteiger partial charge in [0.1, 0.15) is 17.3 Å². The first kappa shape index (κ1) is 20.4. The molecule has 0 amide bonds. The molecule has 2 atom stereocenters. The average Bonchev–Trinajstić information content (AvgIpc) is 2.70. The van der Waals surface area contributed by atoms with Crippen molar-refractivity contribution in [2.75, 3.05) is 20.3 Å². The molecule has 0 aromatic heterocycles. The van der Waals surface area contributed by atoms with Gasteiger partial charge in [0.2, 0.25) is 0 Å². The number of ether oxygens (including phenoxy) is 3. The number of rotatable bonds is 7. The maximum atomic E-state index is 12.1. The van der Waals surface area contributed by atoms with Crippen molar-refractivity contribution in [3.8, 4) is 11.5 Å². The van der Waals surface area contributed by atoms with Gasteiger partial charge in [-0.25, -0.2) is 0 Å². The van der Waals surface area contributed by atoms with Crippen LogP contribution < -0.4 is 9.47 Å². The Bertz CT molecular complexity index is 812. The lowest BCUT2D eigenvalue weighted by molar-refractivity contribution is -0.139. The summed E-state index contributed by atoms with van der Waals surface area (Å²) in [7, 11) is 1.62. The van der Waals surface area contributed by atoms with Crippen LogP contribution in [0.5, 0.6) is 11.5 Å². The summed E-state index contributed by atoms with van der Waals surface area (Å²) in [4.78, 5) is 12.1. The molecule has 1 saturated heterocycles. The lowest BCUT2D eigenvalue weighted by Gasteiger charge is -2.30. The Morgan fingerprint density at radius 1 is 1.18 bits per heavy atom. The van der Waals surface area contributed by atoms with Gasteiger partial charge in [0.25, 0.3) is 0 Å². The first-order chi connectivity index (χ1) is 13.5. The van der Waals surface area contributed by atoms with E-state index in [-0.39, 0.29) is 18.8 Å². The van der Waals surface area contributed by atoms with E-state index in [1.54, 1.807) is 7.11 Å². The van der Waals surface area contributed by atoms with E-state index in [1.165, 1.54) is 5.56 Å². The zero-order chi connectivity index (χ0) is 20.1. The minimum atomic E-state index is -0.452. The summed E-state index contributed by atoms with van der Waals surface area (Å²) in [6.45, 7) is 4.51. The predicted molar refractivity (Wildman–Crippen MR) is 107 cm³/mol. The second-order valence-electron chi connectivity index (χ2n) is 7.15. The Kier molecular flexibility index (Phi) is 6.70. The van der Waals surface area contributed by atoms with Gasteiger partial charge in [-0.15, -0.1) is 0 Å². The van der Waals surface area contributed by atoms with Crippen molar-refractivity contribution in [3.05, 3.63) is 58.7 Å². The number of aliphatic hydroxyl groups is 1. The van der Waals surface area contributed by atoms with Gasteiger partial charge in [-0.1, -0.05) is 12.1 Å². The summed E-state index contributed by atoms with van der Waals surface area (Å²) in [5, 5.41) is 9.44. The van der Waals surface area contributed by atoms with Crippen LogP contribution in [0.1, 0.15) is 48.1 Å². The number of benzene rings is 2. The molecule has 5 heteroatoms. The van der Waals surface area contributed by atoms with Crippen LogP contribution in [-0.2, 0) is 16.0 Å². The fraction of sp³-hybridized carbons (Fsp3) is 0.435. The Hall–Kier alpha value is -2.37. The summed E-state index contributed by atoms with van der Waals surface area (Å²) in [5.41, 5.74) is 4.31. The monoisotopic (exact) mass is 384 g/mol. The lowest BCUT2D eigenvalue weighted by Crippen LogP contribution is -2.31. The molecule has 0 bridgehead atoms. The third kappa shape index (κ3) is 4.72. The van der Waals surface area contributed by atoms with E-state index in [9.17, 15) is 9.90 Å². The fourth-order valence-electron chi connectivity index (χ4n) is 3.62. The smallest absolute Gasteiger partial charge is 0.138 e. The Morgan fingerprint density at radius 2 is 1.93 bits per heavy atom. The van der Waals surface area contributed by atoms with Crippen LogP contribution in [-0.4, -0.2) is 37.3 Å². The minimum absolute atomic E-state index is 0.103. The maximum Gasteiger partial charge on any atom is 0.138 e. The highest BCUT2D eigenvalue weighted by molar-refractivity contribution is 5.80. The molecule has 2 aromatic carbocycles. The highest BCUT2D eigenvalue weighted by Crippen LogP contribution is 2.37. The van der Waals surface area contributed by atoms with Gasteiger partial charge < -0.3 is 19.3 Å². The number of aliphatic hydroxyl groups excluding tert-OH is 1. The van der Waals surface area contributed by atoms with Crippen molar-refractivity contribution in [2.24, 2.45) is 0 Å². The van der Waals surface area contributed by atoms with Crippen LogP contribution >= 0.6 is 0 Å². The quantitative estimate of drug-likeness (QED) is 0.787. The molecular weight excluding hydrogens is 356 g/mol. The highest BCUT2D eigenvalue weighted by atomic mass is 16.5. The molecule has 150 valence electrons. The van der Waals surface area contributed by atoms with E-state index in [2.05, 4.69) is 25.1 Å². The molecule has 0 unspecified atom stereocenters. The van der Waals surface area contributed by atoms with Crippen molar-refractivity contribution in [1.29, 1.82) is 0 Å². The Labute approximate surface area is 166 Å². The molecule has 5 nitrogen and oxygen atoms in total. The fourth-order valence-corrected chi connectivity index (χ4v) is 3.62. The molecule has 0 saturated carbocycles. The number of methoxy groups -OCH3 is 1. The number of Topliss-reactive ketones (excluding diaryl/α,β-unsaturated/α-hetero) is 1. The predicted octanol–water partition coefficient (Wildman–Crippen LogP) is 3.77. The highest BCUT2D eigenvalue weighted by Gasteiger charge is 2.30. The summed E-state index contributed by atoms with van der Waals surface area (Å²) < 4.78 is 17.0. The summed E-state index contributed by atoms with van der Waals surface area (Å²) in [6.07, 6.45) is 0.484. The van der Waals surface area contributed by atoms with Crippen LogP contribution in [0.15, 0.2) is 36.4 Å². The molecule has 0 aliphatic carbocycles. The van der Waals surface area contributed by atoms with Crippen LogP contribution in [0.4, 0.5) is 0 Å². The molecule has 1 heterocycles. The molecule has 28 heavy (non-hydrogen) atoms. The van der Waals surface area contributed by atoms with Crippen molar-refractivity contribution in [1.82, 2.24) is 0 Å². The molecule has 1 aliphatic heterocycles. The minimum Gasteiger partial charge on any atom is -0.496 e. The van der Waals surface area contributed by atoms with Crippen molar-refractivity contribution < 1.29 is 24.1 Å². The average molecular weight is 384 g/mol. The number of carbonyl (C=O) groups is 1. The number of hydrogen-bond donors (Lipinski definition) is 1. The van der Waals surface area contributed by atoms with E-state index in [4.69, 9.17) is 14.2 Å². The molecule has 0 radical (unpaired) electrons. The standard InChI is InChI=1S/C23H28O5/c1-4-27-19-7-5-16(6-8-19)10-17-11-21(22(26-3)9-15(17)2)23-13-18(25)12-20(14-24)28-23/h5-9,11,20,23-24H,4,10,12-14H2,1-3H3/t20-,23+/m0/s1. The normalized spacial score (nSPS) is 19.5. The SMILES string of the molecule is CCOc1ccc(Cc2cc([C@H]3CC(=O)C[C@@H](CO)O3)c(OC)cc2C)cc1. The molecule has 1 aliphatic rings. The van der Waals surface area contributed by atoms with Crippen LogP contribution in [0, 0.1) is 6.92 Å². The summed E-state index contributed by atoms with van der Waals surface area (Å²) >= 11 is 0. The van der Waals surface area contributed by atoms with E-state index < -0.39 is 12.2 Å². The van der Waals surface area contributed by atoms with E-state index >= 15 is 0 Å². The van der Waals surface area contributed by atoms with Crippen molar-refractivity contribution in [3.63, 3.8) is 0 Å².